The quantitative estimate of drug-likeness (QED) is 0.877. The Morgan fingerprint density at radius 2 is 2.12 bits per heavy atom. The van der Waals surface area contributed by atoms with Crippen molar-refractivity contribution < 1.29 is 4.79 Å². The van der Waals surface area contributed by atoms with Crippen molar-refractivity contribution in [1.82, 2.24) is 4.90 Å². The minimum atomic E-state index is 0.148. The summed E-state index contributed by atoms with van der Waals surface area (Å²) < 4.78 is 0. The second-order valence-electron chi connectivity index (χ2n) is 4.49. The zero-order chi connectivity index (χ0) is 12.3. The van der Waals surface area contributed by atoms with Crippen LogP contribution in [0.1, 0.15) is 24.8 Å². The van der Waals surface area contributed by atoms with Gasteiger partial charge in [-0.1, -0.05) is 29.8 Å². The first-order valence-electron chi connectivity index (χ1n) is 5.93. The third-order valence-corrected chi connectivity index (χ3v) is 3.54. The first-order chi connectivity index (χ1) is 8.16. The lowest BCUT2D eigenvalue weighted by molar-refractivity contribution is -0.131. The minimum absolute atomic E-state index is 0.148. The summed E-state index contributed by atoms with van der Waals surface area (Å²) in [5, 5.41) is 0.717. The van der Waals surface area contributed by atoms with Gasteiger partial charge in [0.05, 0.1) is 0 Å². The van der Waals surface area contributed by atoms with Gasteiger partial charge in [-0.2, -0.15) is 0 Å². The molecular weight excluding hydrogens is 236 g/mol. The highest BCUT2D eigenvalue weighted by Gasteiger charge is 2.20. The highest BCUT2D eigenvalue weighted by atomic mass is 35.5. The number of carbonyl (C=O) groups excluding carboxylic acids is 1. The van der Waals surface area contributed by atoms with Crippen molar-refractivity contribution in [2.24, 2.45) is 5.73 Å². The lowest BCUT2D eigenvalue weighted by atomic mass is 10.1. The van der Waals surface area contributed by atoms with Crippen LogP contribution in [0.3, 0.4) is 0 Å². The van der Waals surface area contributed by atoms with Crippen molar-refractivity contribution in [3.8, 4) is 0 Å². The molecule has 1 amide bonds. The Labute approximate surface area is 107 Å². The Morgan fingerprint density at radius 1 is 1.35 bits per heavy atom. The summed E-state index contributed by atoms with van der Waals surface area (Å²) in [6.45, 7) is 1.32. The molecule has 1 aliphatic rings. The Balaban J connectivity index is 2.07. The van der Waals surface area contributed by atoms with Crippen LogP contribution in [-0.4, -0.2) is 23.4 Å². The van der Waals surface area contributed by atoms with Gasteiger partial charge in [-0.05, 0) is 24.5 Å². The van der Waals surface area contributed by atoms with Gasteiger partial charge in [-0.25, -0.2) is 0 Å². The molecule has 1 aromatic rings. The molecule has 92 valence electrons. The molecule has 1 saturated heterocycles. The molecule has 0 radical (unpaired) electrons. The number of hydrogen-bond donors (Lipinski definition) is 1. The maximum atomic E-state index is 11.9. The number of likely N-dealkylation sites (tertiary alicyclic amines) is 1. The molecule has 0 spiro atoms. The summed E-state index contributed by atoms with van der Waals surface area (Å²) in [6.07, 6.45) is 2.21. The highest BCUT2D eigenvalue weighted by molar-refractivity contribution is 6.31. The number of nitrogens with two attached hydrogens (primary N) is 1. The molecule has 3 nitrogen and oxygen atoms in total. The third kappa shape index (κ3) is 3.20. The molecule has 0 saturated carbocycles. The topological polar surface area (TPSA) is 46.3 Å². The van der Waals surface area contributed by atoms with Crippen LogP contribution in [0.2, 0.25) is 5.02 Å². The summed E-state index contributed by atoms with van der Waals surface area (Å²) in [5.74, 6) is 0.179. The number of rotatable bonds is 2. The monoisotopic (exact) mass is 252 g/mol. The van der Waals surface area contributed by atoms with Gasteiger partial charge in [0.25, 0.3) is 0 Å². The number of halogens is 1. The number of amides is 1. The molecule has 1 fully saturated rings. The molecule has 0 aromatic heterocycles. The molecule has 0 bridgehead atoms. The maximum Gasteiger partial charge on any atom is 0.222 e. The number of hydrogen-bond acceptors (Lipinski definition) is 2. The van der Waals surface area contributed by atoms with E-state index < -0.39 is 0 Å². The van der Waals surface area contributed by atoms with Crippen LogP contribution in [0.4, 0.5) is 0 Å². The lowest BCUT2D eigenvalue weighted by Gasteiger charge is -2.21. The van der Waals surface area contributed by atoms with Crippen LogP contribution in [0.25, 0.3) is 0 Å². The van der Waals surface area contributed by atoms with Gasteiger partial charge in [0.15, 0.2) is 0 Å². The Bertz CT molecular complexity index is 408. The second kappa shape index (κ2) is 5.52. The van der Waals surface area contributed by atoms with Crippen molar-refractivity contribution in [2.75, 3.05) is 6.54 Å². The molecular formula is C13H17ClN2O. The first kappa shape index (κ1) is 12.4. The van der Waals surface area contributed by atoms with E-state index in [0.717, 1.165) is 24.9 Å². The average molecular weight is 253 g/mol. The molecule has 0 aliphatic carbocycles. The lowest BCUT2D eigenvalue weighted by Crippen LogP contribution is -2.30. The normalized spacial score (nSPS) is 21.4. The van der Waals surface area contributed by atoms with Crippen molar-refractivity contribution in [2.45, 2.75) is 31.8 Å². The Morgan fingerprint density at radius 3 is 2.88 bits per heavy atom. The molecule has 1 unspecified atom stereocenters. The second-order valence-corrected chi connectivity index (χ2v) is 4.90. The van der Waals surface area contributed by atoms with Crippen molar-refractivity contribution in [3.63, 3.8) is 0 Å². The zero-order valence-electron chi connectivity index (χ0n) is 9.73. The van der Waals surface area contributed by atoms with E-state index in [0.29, 0.717) is 18.0 Å². The van der Waals surface area contributed by atoms with Crippen LogP contribution in [0.5, 0.6) is 0 Å². The van der Waals surface area contributed by atoms with E-state index in [1.54, 1.807) is 0 Å². The van der Waals surface area contributed by atoms with Gasteiger partial charge in [0, 0.05) is 30.6 Å². The van der Waals surface area contributed by atoms with Gasteiger partial charge >= 0.3 is 0 Å². The molecule has 1 heterocycles. The van der Waals surface area contributed by atoms with E-state index >= 15 is 0 Å². The van der Waals surface area contributed by atoms with Crippen molar-refractivity contribution in [3.05, 3.63) is 34.9 Å². The van der Waals surface area contributed by atoms with Gasteiger partial charge in [0.2, 0.25) is 5.91 Å². The number of benzene rings is 1. The predicted molar refractivity (Wildman–Crippen MR) is 68.7 cm³/mol. The van der Waals surface area contributed by atoms with E-state index in [4.69, 9.17) is 17.3 Å². The van der Waals surface area contributed by atoms with Crippen LogP contribution in [0, 0.1) is 0 Å². The first-order valence-corrected chi connectivity index (χ1v) is 6.31. The van der Waals surface area contributed by atoms with Crippen LogP contribution < -0.4 is 5.73 Å². The highest BCUT2D eigenvalue weighted by Crippen LogP contribution is 2.19. The third-order valence-electron chi connectivity index (χ3n) is 3.17. The SMILES string of the molecule is NC1CCC(=O)N(Cc2ccccc2Cl)CC1. The van der Waals surface area contributed by atoms with Gasteiger partial charge in [-0.15, -0.1) is 0 Å². The zero-order valence-corrected chi connectivity index (χ0v) is 10.5. The van der Waals surface area contributed by atoms with E-state index in [2.05, 4.69) is 0 Å². The molecule has 1 atom stereocenters. The summed E-state index contributed by atoms with van der Waals surface area (Å²) in [4.78, 5) is 13.8. The molecule has 1 aliphatic heterocycles. The molecule has 4 heteroatoms. The average Bonchev–Trinajstić information content (AvgIpc) is 2.47. The summed E-state index contributed by atoms with van der Waals surface area (Å²) >= 11 is 6.10. The van der Waals surface area contributed by atoms with Gasteiger partial charge in [-0.3, -0.25) is 4.79 Å². The molecule has 17 heavy (non-hydrogen) atoms. The summed E-state index contributed by atoms with van der Waals surface area (Å²) in [6, 6.07) is 7.79. The fraction of sp³-hybridized carbons (Fsp3) is 0.462. The number of carbonyl (C=O) groups is 1. The largest absolute Gasteiger partial charge is 0.338 e. The molecule has 1 aromatic carbocycles. The molecule has 2 rings (SSSR count). The van der Waals surface area contributed by atoms with Crippen LogP contribution in [-0.2, 0) is 11.3 Å². The van der Waals surface area contributed by atoms with E-state index in [-0.39, 0.29) is 11.9 Å². The van der Waals surface area contributed by atoms with Crippen molar-refractivity contribution >= 4 is 17.5 Å². The summed E-state index contributed by atoms with van der Waals surface area (Å²) in [5.41, 5.74) is 6.88. The minimum Gasteiger partial charge on any atom is -0.338 e. The van der Waals surface area contributed by atoms with Gasteiger partial charge in [0.1, 0.15) is 0 Å². The van der Waals surface area contributed by atoms with E-state index in [1.165, 1.54) is 0 Å². The molecule has 2 N–H and O–H groups in total. The fourth-order valence-corrected chi connectivity index (χ4v) is 2.25. The smallest absolute Gasteiger partial charge is 0.222 e. The summed E-state index contributed by atoms with van der Waals surface area (Å²) in [7, 11) is 0. The van der Waals surface area contributed by atoms with Crippen LogP contribution in [0.15, 0.2) is 24.3 Å². The predicted octanol–water partition coefficient (Wildman–Crippen LogP) is 2.18. The Kier molecular flexibility index (Phi) is 4.02. The van der Waals surface area contributed by atoms with Gasteiger partial charge < -0.3 is 10.6 Å². The maximum absolute atomic E-state index is 11.9. The van der Waals surface area contributed by atoms with E-state index in [9.17, 15) is 4.79 Å². The fourth-order valence-electron chi connectivity index (χ4n) is 2.06. The number of nitrogens with zero attached hydrogens (tertiary/aromatic N) is 1. The Hall–Kier alpha value is -1.06. The van der Waals surface area contributed by atoms with Crippen molar-refractivity contribution in [1.29, 1.82) is 0 Å². The standard InChI is InChI=1S/C13H17ClN2O/c14-12-4-2-1-3-10(12)9-16-8-7-11(15)5-6-13(16)17/h1-4,11H,5-9,15H2. The van der Waals surface area contributed by atoms with E-state index in [1.807, 2.05) is 29.2 Å². The van der Waals surface area contributed by atoms with Crippen LogP contribution >= 0.6 is 11.6 Å².